The normalized spacial score (nSPS) is 13.6. The molecule has 0 saturated heterocycles. The minimum absolute atomic E-state index is 0.288. The summed E-state index contributed by atoms with van der Waals surface area (Å²) in [5, 5.41) is 25.0. The Bertz CT molecular complexity index is 4130. The van der Waals surface area contributed by atoms with E-state index in [1.165, 1.54) is 96.0 Å². The number of anilines is 6. The second-order valence-electron chi connectivity index (χ2n) is 20.3. The van der Waals surface area contributed by atoms with Crippen LogP contribution >= 0.6 is 22.7 Å². The molecule has 14 rings (SSSR count). The third-order valence-electron chi connectivity index (χ3n) is 16.0. The van der Waals surface area contributed by atoms with Crippen molar-refractivity contribution >= 4 is 97.1 Å². The van der Waals surface area contributed by atoms with E-state index in [2.05, 4.69) is 232 Å². The van der Waals surface area contributed by atoms with E-state index in [4.69, 9.17) is 0 Å². The Labute approximate surface area is 438 Å². The lowest BCUT2D eigenvalue weighted by Crippen LogP contribution is -2.40. The maximum atomic E-state index is 9.99. The molecule has 0 radical (unpaired) electrons. The second kappa shape index (κ2) is 16.4. The number of aryl methyl sites for hydroxylation is 2. The minimum Gasteiger partial charge on any atom is -0.309 e. The Balaban J connectivity index is 1.06. The third kappa shape index (κ3) is 6.17. The highest BCUT2D eigenvalue weighted by atomic mass is 32.1. The lowest BCUT2D eigenvalue weighted by Gasteiger charge is -2.47. The molecule has 10 aromatic carbocycles. The highest BCUT2D eigenvalue weighted by Crippen LogP contribution is 2.64. The Morgan fingerprint density at radius 3 is 1.14 bits per heavy atom. The number of nitrogens with zero attached hydrogens (tertiary/aromatic N) is 4. The summed E-state index contributed by atoms with van der Waals surface area (Å²) < 4.78 is 5.01. The predicted molar refractivity (Wildman–Crippen MR) is 310 cm³/mol. The first-order valence-electron chi connectivity index (χ1n) is 25.1. The van der Waals surface area contributed by atoms with Crippen LogP contribution in [0.25, 0.3) is 51.5 Å². The van der Waals surface area contributed by atoms with Gasteiger partial charge in [-0.2, -0.15) is 10.5 Å². The molecule has 6 heteroatoms. The number of benzene rings is 10. The Kier molecular flexibility index (Phi) is 9.72. The third-order valence-corrected chi connectivity index (χ3v) is 18.8. The molecule has 0 atom stereocenters. The number of nitriles is 2. The van der Waals surface area contributed by atoms with Gasteiger partial charge in [-0.15, -0.1) is 22.7 Å². The zero-order chi connectivity index (χ0) is 50.0. The summed E-state index contributed by atoms with van der Waals surface area (Å²) >= 11 is 3.70. The van der Waals surface area contributed by atoms with Crippen molar-refractivity contribution in [3.05, 3.63) is 262 Å². The van der Waals surface area contributed by atoms with E-state index in [0.717, 1.165) is 34.1 Å². The molecule has 350 valence electrons. The Hall–Kier alpha value is -8.78. The van der Waals surface area contributed by atoms with Crippen LogP contribution in [0.5, 0.6) is 0 Å². The van der Waals surface area contributed by atoms with Crippen molar-refractivity contribution < 1.29 is 0 Å². The Morgan fingerprint density at radius 2 is 0.730 bits per heavy atom. The van der Waals surface area contributed by atoms with Gasteiger partial charge in [0.25, 0.3) is 0 Å². The molecule has 74 heavy (non-hydrogen) atoms. The van der Waals surface area contributed by atoms with Crippen molar-refractivity contribution in [2.45, 2.75) is 38.5 Å². The summed E-state index contributed by atoms with van der Waals surface area (Å²) in [6, 6.07) is 79.9. The van der Waals surface area contributed by atoms with Gasteiger partial charge in [0.2, 0.25) is 0 Å². The summed E-state index contributed by atoms with van der Waals surface area (Å²) in [5.74, 6) is 0. The number of hydrogen-bond donors (Lipinski definition) is 0. The summed E-state index contributed by atoms with van der Waals surface area (Å²) in [4.78, 5) is 4.81. The molecule has 0 aliphatic heterocycles. The average molecular weight is 983 g/mol. The van der Waals surface area contributed by atoms with Gasteiger partial charge in [0.15, 0.2) is 0 Å². The monoisotopic (exact) mass is 982 g/mol. The maximum absolute atomic E-state index is 9.99. The van der Waals surface area contributed by atoms with E-state index in [1.807, 2.05) is 46.9 Å². The SMILES string of the molecule is Cc1cccc2c1sc1c(N(c3ccc(C#N)cc3)c3ccc4c(c3)C3(c5cc(N(c6ccc(C#N)cc6)c6cccc7c6sc6c(C)cccc67)ccc5-4)c4ccccc4C(C)(C)c4ccccc43)cccc12. The molecule has 0 unspecified atom stereocenters. The molecule has 4 nitrogen and oxygen atoms in total. The quantitative estimate of drug-likeness (QED) is 0.167. The molecular weight excluding hydrogens is 937 g/mol. The number of fused-ring (bicyclic) bond motifs is 15. The topological polar surface area (TPSA) is 54.1 Å². The van der Waals surface area contributed by atoms with Crippen molar-refractivity contribution in [2.75, 3.05) is 9.80 Å². The second-order valence-corrected chi connectivity index (χ2v) is 22.4. The van der Waals surface area contributed by atoms with Gasteiger partial charge in [0.1, 0.15) is 0 Å². The lowest BCUT2D eigenvalue weighted by atomic mass is 9.55. The summed E-state index contributed by atoms with van der Waals surface area (Å²) in [7, 11) is 0. The van der Waals surface area contributed by atoms with Crippen LogP contribution in [0.3, 0.4) is 0 Å². The molecular formula is C68H46N4S2. The largest absolute Gasteiger partial charge is 0.309 e. The molecule has 1 spiro atoms. The van der Waals surface area contributed by atoms with Crippen molar-refractivity contribution in [2.24, 2.45) is 0 Å². The minimum atomic E-state index is -0.729. The van der Waals surface area contributed by atoms with Crippen molar-refractivity contribution in [1.29, 1.82) is 10.5 Å². The highest BCUT2D eigenvalue weighted by Gasteiger charge is 2.53. The van der Waals surface area contributed by atoms with Crippen molar-refractivity contribution in [3.63, 3.8) is 0 Å². The van der Waals surface area contributed by atoms with Gasteiger partial charge < -0.3 is 9.80 Å². The number of hydrogen-bond acceptors (Lipinski definition) is 6. The van der Waals surface area contributed by atoms with Gasteiger partial charge in [0, 0.05) is 59.1 Å². The molecule has 2 aliphatic carbocycles. The number of thiophene rings is 2. The number of rotatable bonds is 6. The molecule has 0 fully saturated rings. The first-order valence-corrected chi connectivity index (χ1v) is 26.7. The fraction of sp³-hybridized carbons (Fsp3) is 0.0882. The van der Waals surface area contributed by atoms with E-state index in [9.17, 15) is 10.5 Å². The maximum Gasteiger partial charge on any atom is 0.0991 e. The van der Waals surface area contributed by atoms with E-state index in [1.54, 1.807) is 0 Å². The first kappa shape index (κ1) is 44.0. The van der Waals surface area contributed by atoms with E-state index in [-0.39, 0.29) is 5.41 Å². The van der Waals surface area contributed by atoms with Crippen LogP contribution in [0.4, 0.5) is 34.1 Å². The van der Waals surface area contributed by atoms with Gasteiger partial charge in [-0.3, -0.25) is 0 Å². The van der Waals surface area contributed by atoms with Crippen LogP contribution in [0.2, 0.25) is 0 Å². The molecule has 2 heterocycles. The van der Waals surface area contributed by atoms with E-state index >= 15 is 0 Å². The molecule has 2 aliphatic rings. The van der Waals surface area contributed by atoms with Crippen LogP contribution in [0.15, 0.2) is 206 Å². The van der Waals surface area contributed by atoms with E-state index < -0.39 is 5.41 Å². The molecule has 12 aromatic rings. The van der Waals surface area contributed by atoms with E-state index in [0.29, 0.717) is 11.1 Å². The zero-order valence-electron chi connectivity index (χ0n) is 41.2. The fourth-order valence-electron chi connectivity index (χ4n) is 12.6. The molecule has 0 saturated carbocycles. The molecule has 0 N–H and O–H groups in total. The van der Waals surface area contributed by atoms with Crippen LogP contribution in [0.1, 0.15) is 69.5 Å². The molecule has 2 aromatic heterocycles. The van der Waals surface area contributed by atoms with Crippen LogP contribution in [-0.2, 0) is 10.8 Å². The summed E-state index contributed by atoms with van der Waals surface area (Å²) in [5.41, 5.74) is 19.0. The molecule has 0 amide bonds. The predicted octanol–water partition coefficient (Wildman–Crippen LogP) is 18.7. The highest BCUT2D eigenvalue weighted by molar-refractivity contribution is 7.27. The van der Waals surface area contributed by atoms with Crippen molar-refractivity contribution in [3.8, 4) is 23.3 Å². The van der Waals surface area contributed by atoms with Gasteiger partial charge in [-0.25, -0.2) is 0 Å². The van der Waals surface area contributed by atoms with Gasteiger partial charge in [0.05, 0.1) is 49.5 Å². The standard InChI is InChI=1S/C68H46N4S2/c1-41-13-9-15-51-53-17-11-23-61(65(53)73-63(41)51)71(45-29-25-43(39-69)26-30-45)47-33-35-49-50-36-34-48(38-60(50)68(59(49)37-47)57-21-7-5-19-55(57)67(3,4)56-20-6-8-22-58(56)68)72(46-31-27-44(40-70)28-32-46)62-24-12-18-54-52-16-10-14-42(2)64(52)74-66(54)62/h5-38H,1-4H3. The summed E-state index contributed by atoms with van der Waals surface area (Å²) in [6.07, 6.45) is 0. The van der Waals surface area contributed by atoms with Crippen LogP contribution in [-0.4, -0.2) is 0 Å². The lowest BCUT2D eigenvalue weighted by molar-refractivity contribution is 0.563. The van der Waals surface area contributed by atoms with Gasteiger partial charge >= 0.3 is 0 Å². The average Bonchev–Trinajstić information content (AvgIpc) is 4.29. The van der Waals surface area contributed by atoms with Gasteiger partial charge in [-0.05, 0) is 154 Å². The Morgan fingerprint density at radius 1 is 0.365 bits per heavy atom. The van der Waals surface area contributed by atoms with Crippen LogP contribution in [0, 0.1) is 36.5 Å². The summed E-state index contributed by atoms with van der Waals surface area (Å²) in [6.45, 7) is 9.16. The van der Waals surface area contributed by atoms with Crippen molar-refractivity contribution in [1.82, 2.24) is 0 Å². The zero-order valence-corrected chi connectivity index (χ0v) is 42.9. The van der Waals surface area contributed by atoms with Gasteiger partial charge in [-0.1, -0.05) is 135 Å². The molecule has 0 bridgehead atoms. The fourth-order valence-corrected chi connectivity index (χ4v) is 15.2. The smallest absolute Gasteiger partial charge is 0.0991 e. The van der Waals surface area contributed by atoms with Crippen LogP contribution < -0.4 is 9.80 Å². The first-order chi connectivity index (χ1) is 36.2.